The summed E-state index contributed by atoms with van der Waals surface area (Å²) in [4.78, 5) is 39.9. The number of primary amides is 1. The third kappa shape index (κ3) is 2.70. The summed E-state index contributed by atoms with van der Waals surface area (Å²) in [5, 5.41) is 55.6. The third-order valence-corrected chi connectivity index (χ3v) is 8.15. The van der Waals surface area contributed by atoms with Crippen LogP contribution in [0.5, 0.6) is 0 Å². The van der Waals surface area contributed by atoms with Crippen molar-refractivity contribution in [3.8, 4) is 0 Å². The number of aliphatic hydroxyl groups excluding tert-OH is 4. The largest absolute Gasteiger partial charge is 0.508 e. The molecular formula is C22H30N2O8. The maximum atomic E-state index is 13.5. The van der Waals surface area contributed by atoms with Crippen LogP contribution in [0.4, 0.5) is 0 Å². The van der Waals surface area contributed by atoms with Gasteiger partial charge in [-0.05, 0) is 38.8 Å². The molecule has 0 aromatic carbocycles. The van der Waals surface area contributed by atoms with E-state index in [4.69, 9.17) is 5.73 Å². The molecule has 0 saturated heterocycles. The minimum absolute atomic E-state index is 0.240. The van der Waals surface area contributed by atoms with Crippen LogP contribution in [0.3, 0.4) is 0 Å². The monoisotopic (exact) mass is 450 g/mol. The molecule has 176 valence electrons. The maximum absolute atomic E-state index is 13.5. The maximum Gasteiger partial charge on any atom is 0.255 e. The van der Waals surface area contributed by atoms with Crippen LogP contribution in [0.1, 0.15) is 26.2 Å². The molecule has 4 aliphatic carbocycles. The molecule has 0 bridgehead atoms. The van der Waals surface area contributed by atoms with E-state index < -0.39 is 76.2 Å². The Kier molecular flexibility index (Phi) is 5.28. The molecule has 32 heavy (non-hydrogen) atoms. The van der Waals surface area contributed by atoms with E-state index in [1.54, 1.807) is 0 Å². The third-order valence-electron chi connectivity index (χ3n) is 8.15. The summed E-state index contributed by atoms with van der Waals surface area (Å²) >= 11 is 0. The Hall–Kier alpha value is -2.27. The number of amides is 1. The van der Waals surface area contributed by atoms with Crippen LogP contribution in [-0.2, 0) is 14.4 Å². The standard InChI is InChI=1S/C22H30N2O8/c1-7-8-5-4-6-9(25)11(8)16(26)12-10(7)17(27)14-15(24(2)3)18(28)13(21(23)31)20(30)22(14,32)19(12)29/h7-11,14-15,17,25,27,29-30,32H,4-6H2,1-3H3,(H2,23,31). The van der Waals surface area contributed by atoms with E-state index in [1.807, 2.05) is 6.92 Å². The van der Waals surface area contributed by atoms with E-state index in [2.05, 4.69) is 0 Å². The molecule has 0 heterocycles. The Labute approximate surface area is 185 Å². The highest BCUT2D eigenvalue weighted by molar-refractivity contribution is 6.22. The van der Waals surface area contributed by atoms with Crippen molar-refractivity contribution in [1.82, 2.24) is 4.90 Å². The second-order valence-corrected chi connectivity index (χ2v) is 9.84. The van der Waals surface area contributed by atoms with E-state index in [0.29, 0.717) is 19.3 Å². The van der Waals surface area contributed by atoms with Crippen molar-refractivity contribution in [3.63, 3.8) is 0 Å². The number of ketones is 2. The smallest absolute Gasteiger partial charge is 0.255 e. The molecule has 10 nitrogen and oxygen atoms in total. The van der Waals surface area contributed by atoms with Crippen LogP contribution < -0.4 is 5.73 Å². The van der Waals surface area contributed by atoms with Crippen LogP contribution in [0, 0.1) is 29.6 Å². The lowest BCUT2D eigenvalue weighted by atomic mass is 9.51. The Morgan fingerprint density at radius 2 is 1.69 bits per heavy atom. The molecule has 2 fully saturated rings. The van der Waals surface area contributed by atoms with E-state index in [9.17, 15) is 39.9 Å². The van der Waals surface area contributed by atoms with Gasteiger partial charge in [-0.1, -0.05) is 13.3 Å². The fraction of sp³-hybridized carbons (Fsp3) is 0.682. The molecule has 0 aromatic rings. The van der Waals surface area contributed by atoms with Crippen molar-refractivity contribution in [1.29, 1.82) is 0 Å². The number of carbonyl (C=O) groups is 3. The predicted octanol–water partition coefficient (Wildman–Crippen LogP) is -1.06. The average Bonchev–Trinajstić information content (AvgIpc) is 2.70. The van der Waals surface area contributed by atoms with Gasteiger partial charge in [0.15, 0.2) is 17.2 Å². The van der Waals surface area contributed by atoms with Gasteiger partial charge in [0, 0.05) is 11.5 Å². The molecule has 9 unspecified atom stereocenters. The molecule has 4 rings (SSSR count). The van der Waals surface area contributed by atoms with Crippen molar-refractivity contribution in [3.05, 3.63) is 22.7 Å². The van der Waals surface area contributed by atoms with Crippen LogP contribution in [0.15, 0.2) is 22.7 Å². The topological polar surface area (TPSA) is 182 Å². The number of fused-ring (bicyclic) bond motifs is 3. The molecule has 0 aromatic heterocycles. The van der Waals surface area contributed by atoms with Crippen LogP contribution in [-0.4, -0.2) is 85.9 Å². The second-order valence-electron chi connectivity index (χ2n) is 9.84. The highest BCUT2D eigenvalue weighted by atomic mass is 16.4. The Morgan fingerprint density at radius 3 is 2.25 bits per heavy atom. The number of hydrogen-bond acceptors (Lipinski definition) is 9. The van der Waals surface area contributed by atoms with Gasteiger partial charge in [-0.3, -0.25) is 19.3 Å². The van der Waals surface area contributed by atoms with Crippen LogP contribution >= 0.6 is 0 Å². The van der Waals surface area contributed by atoms with Gasteiger partial charge in [-0.2, -0.15) is 0 Å². The lowest BCUT2D eigenvalue weighted by Crippen LogP contribution is -2.69. The van der Waals surface area contributed by atoms with Crippen LogP contribution in [0.2, 0.25) is 0 Å². The number of aliphatic hydroxyl groups is 5. The lowest BCUT2D eigenvalue weighted by Gasteiger charge is -2.56. The first-order valence-electron chi connectivity index (χ1n) is 10.9. The second kappa shape index (κ2) is 7.38. The van der Waals surface area contributed by atoms with Gasteiger partial charge < -0.3 is 31.3 Å². The summed E-state index contributed by atoms with van der Waals surface area (Å²) in [7, 11) is 2.99. The number of hydrogen-bond donors (Lipinski definition) is 6. The molecule has 2 saturated carbocycles. The van der Waals surface area contributed by atoms with Gasteiger partial charge in [0.1, 0.15) is 17.1 Å². The summed E-state index contributed by atoms with van der Waals surface area (Å²) in [6.07, 6.45) is -0.638. The Balaban J connectivity index is 2.01. The first kappa shape index (κ1) is 22.9. The van der Waals surface area contributed by atoms with Gasteiger partial charge in [-0.25, -0.2) is 0 Å². The summed E-state index contributed by atoms with van der Waals surface area (Å²) in [6, 6.07) is -1.30. The summed E-state index contributed by atoms with van der Waals surface area (Å²) in [6.45, 7) is 1.81. The Bertz CT molecular complexity index is 956. The number of nitrogens with zero attached hydrogens (tertiary/aromatic N) is 1. The highest BCUT2D eigenvalue weighted by Crippen LogP contribution is 2.57. The normalized spacial score (nSPS) is 44.3. The van der Waals surface area contributed by atoms with Gasteiger partial charge in [0.05, 0.1) is 30.1 Å². The summed E-state index contributed by atoms with van der Waals surface area (Å²) in [5.74, 6) is -8.63. The summed E-state index contributed by atoms with van der Waals surface area (Å²) < 4.78 is 0. The molecule has 0 aliphatic heterocycles. The molecule has 7 N–H and O–H groups in total. The molecule has 0 radical (unpaired) electrons. The molecule has 4 aliphatic rings. The van der Waals surface area contributed by atoms with E-state index in [0.717, 1.165) is 0 Å². The minimum atomic E-state index is -2.76. The average molecular weight is 450 g/mol. The van der Waals surface area contributed by atoms with E-state index >= 15 is 0 Å². The molecule has 1 amide bonds. The fourth-order valence-electron chi connectivity index (χ4n) is 6.73. The van der Waals surface area contributed by atoms with Crippen molar-refractivity contribution < 1.29 is 39.9 Å². The molecule has 10 heteroatoms. The van der Waals surface area contributed by atoms with Gasteiger partial charge in [0.2, 0.25) is 0 Å². The van der Waals surface area contributed by atoms with Gasteiger partial charge in [0.25, 0.3) is 5.91 Å². The zero-order chi connectivity index (χ0) is 23.9. The minimum Gasteiger partial charge on any atom is -0.508 e. The Morgan fingerprint density at radius 1 is 1.06 bits per heavy atom. The van der Waals surface area contributed by atoms with Crippen molar-refractivity contribution >= 4 is 17.5 Å². The quantitative estimate of drug-likeness (QED) is 0.286. The number of Topliss-reactive ketones (excluding diaryl/α,β-unsaturated/α-hetero) is 2. The number of rotatable bonds is 2. The van der Waals surface area contributed by atoms with E-state index in [1.165, 1.54) is 19.0 Å². The molecular weight excluding hydrogens is 420 g/mol. The van der Waals surface area contributed by atoms with Crippen molar-refractivity contribution in [2.75, 3.05) is 14.1 Å². The molecule has 9 atom stereocenters. The fourth-order valence-corrected chi connectivity index (χ4v) is 6.73. The number of carbonyl (C=O) groups excluding carboxylic acids is 3. The molecule has 0 spiro atoms. The highest BCUT2D eigenvalue weighted by Gasteiger charge is 2.67. The zero-order valence-electron chi connectivity index (χ0n) is 18.2. The SMILES string of the molecule is CC1C2CCCC(O)C2C(=O)C2=C(O)C3(O)C(O)=C(C(N)=O)C(=O)C(N(C)C)C3C(O)C21. The zero-order valence-corrected chi connectivity index (χ0v) is 18.2. The summed E-state index contributed by atoms with van der Waals surface area (Å²) in [5.41, 5.74) is 1.37. The number of likely N-dealkylation sites (N-methyl/N-ethyl adjacent to an activating group) is 1. The van der Waals surface area contributed by atoms with E-state index in [-0.39, 0.29) is 17.4 Å². The van der Waals surface area contributed by atoms with Crippen LogP contribution in [0.25, 0.3) is 0 Å². The van der Waals surface area contributed by atoms with Gasteiger partial charge in [-0.15, -0.1) is 0 Å². The number of nitrogens with two attached hydrogens (primary N) is 1. The first-order valence-corrected chi connectivity index (χ1v) is 10.9. The predicted molar refractivity (Wildman–Crippen MR) is 110 cm³/mol. The van der Waals surface area contributed by atoms with Gasteiger partial charge >= 0.3 is 0 Å². The lowest BCUT2D eigenvalue weighted by molar-refractivity contribution is -0.164. The van der Waals surface area contributed by atoms with Crippen molar-refractivity contribution in [2.24, 2.45) is 35.3 Å². The first-order chi connectivity index (χ1) is 14.9. The van der Waals surface area contributed by atoms with Crippen molar-refractivity contribution in [2.45, 2.75) is 50.0 Å².